The number of halogens is 2. The molecule has 76 valence electrons. The van der Waals surface area contributed by atoms with E-state index >= 15 is 0 Å². The van der Waals surface area contributed by atoms with Gasteiger partial charge in [-0.3, -0.25) is 0 Å². The number of thiophene rings is 1. The normalized spacial score (nSPS) is 10.5. The van der Waals surface area contributed by atoms with Gasteiger partial charge in [-0.25, -0.2) is 8.78 Å². The first kappa shape index (κ1) is 9.87. The van der Waals surface area contributed by atoms with Crippen LogP contribution in [0.25, 0.3) is 10.1 Å². The molecule has 0 aliphatic heterocycles. The van der Waals surface area contributed by atoms with Gasteiger partial charge in [-0.2, -0.15) is 5.26 Å². The molecule has 2 aromatic rings. The van der Waals surface area contributed by atoms with Gasteiger partial charge in [0.05, 0.1) is 10.3 Å². The predicted octanol–water partition coefficient (Wildman–Crippen LogP) is 2.94. The molecule has 0 unspecified atom stereocenters. The Morgan fingerprint density at radius 1 is 1.47 bits per heavy atom. The number of nitrogens with two attached hydrogens (primary N) is 1. The van der Waals surface area contributed by atoms with E-state index in [-0.39, 0.29) is 15.3 Å². The molecule has 1 heterocycles. The summed E-state index contributed by atoms with van der Waals surface area (Å²) in [6.07, 6.45) is 0. The van der Waals surface area contributed by atoms with E-state index in [9.17, 15) is 8.78 Å². The van der Waals surface area contributed by atoms with E-state index in [4.69, 9.17) is 11.0 Å². The van der Waals surface area contributed by atoms with Crippen LogP contribution in [0.1, 0.15) is 11.1 Å². The maximum Gasteiger partial charge on any atom is 0.176 e. The third kappa shape index (κ3) is 1.26. The zero-order valence-corrected chi connectivity index (χ0v) is 8.58. The van der Waals surface area contributed by atoms with E-state index in [1.807, 2.05) is 6.07 Å². The Kier molecular flexibility index (Phi) is 2.09. The first-order chi connectivity index (χ1) is 7.06. The van der Waals surface area contributed by atoms with Crippen LogP contribution in [0.5, 0.6) is 0 Å². The van der Waals surface area contributed by atoms with Gasteiger partial charge >= 0.3 is 0 Å². The third-order valence-electron chi connectivity index (χ3n) is 2.19. The molecule has 0 fully saturated rings. The Hall–Kier alpha value is -1.67. The Morgan fingerprint density at radius 3 is 2.73 bits per heavy atom. The number of anilines is 1. The number of nitriles is 1. The maximum atomic E-state index is 13.4. The zero-order valence-electron chi connectivity index (χ0n) is 7.77. The smallest absolute Gasteiger partial charge is 0.176 e. The zero-order chi connectivity index (χ0) is 11.2. The lowest BCUT2D eigenvalue weighted by Gasteiger charge is -1.99. The van der Waals surface area contributed by atoms with Gasteiger partial charge in [0.1, 0.15) is 11.1 Å². The largest absolute Gasteiger partial charge is 0.389 e. The Labute approximate surface area is 88.5 Å². The van der Waals surface area contributed by atoms with Crippen LogP contribution in [-0.4, -0.2) is 0 Å². The number of benzene rings is 1. The van der Waals surface area contributed by atoms with E-state index in [0.29, 0.717) is 10.9 Å². The second kappa shape index (κ2) is 3.17. The van der Waals surface area contributed by atoms with Crippen molar-refractivity contribution in [2.75, 3.05) is 5.73 Å². The Morgan fingerprint density at radius 2 is 2.13 bits per heavy atom. The second-order valence-corrected chi connectivity index (χ2v) is 4.20. The minimum Gasteiger partial charge on any atom is -0.389 e. The fourth-order valence-corrected chi connectivity index (χ4v) is 2.55. The van der Waals surface area contributed by atoms with Gasteiger partial charge in [0.15, 0.2) is 11.6 Å². The van der Waals surface area contributed by atoms with E-state index < -0.39 is 11.6 Å². The summed E-state index contributed by atoms with van der Waals surface area (Å²) >= 11 is 0.899. The van der Waals surface area contributed by atoms with Crippen molar-refractivity contribution in [2.45, 2.75) is 6.92 Å². The van der Waals surface area contributed by atoms with Gasteiger partial charge in [0, 0.05) is 5.39 Å². The molecule has 1 aromatic carbocycles. The highest BCUT2D eigenvalue weighted by Crippen LogP contribution is 2.37. The third-order valence-corrected chi connectivity index (χ3v) is 3.21. The Bertz CT molecular complexity index is 596. The van der Waals surface area contributed by atoms with Crippen molar-refractivity contribution >= 4 is 26.4 Å². The van der Waals surface area contributed by atoms with Crippen LogP contribution in [0.3, 0.4) is 0 Å². The molecule has 0 saturated carbocycles. The van der Waals surface area contributed by atoms with Crippen LogP contribution < -0.4 is 5.73 Å². The average molecular weight is 224 g/mol. The van der Waals surface area contributed by atoms with Crippen molar-refractivity contribution < 1.29 is 8.78 Å². The summed E-state index contributed by atoms with van der Waals surface area (Å²) in [5.41, 5.74) is 6.31. The molecule has 0 radical (unpaired) electrons. The molecule has 0 aliphatic carbocycles. The summed E-state index contributed by atoms with van der Waals surface area (Å²) in [5.74, 6) is -1.85. The van der Waals surface area contributed by atoms with Crippen LogP contribution in [0.4, 0.5) is 13.8 Å². The Balaban J connectivity index is 3.04. The minimum absolute atomic E-state index is 0.113. The number of fused-ring (bicyclic) bond motifs is 1. The van der Waals surface area contributed by atoms with Gasteiger partial charge in [-0.05, 0) is 18.6 Å². The standard InChI is InChI=1S/C10H6F2N2S/c1-4-2-6(11)8(12)9-7(4)5(3-13)10(14)15-9/h2H,14H2,1H3. The summed E-state index contributed by atoms with van der Waals surface area (Å²) in [6.45, 7) is 1.62. The van der Waals surface area contributed by atoms with Gasteiger partial charge < -0.3 is 5.73 Å². The van der Waals surface area contributed by atoms with Crippen molar-refractivity contribution in [3.8, 4) is 6.07 Å². The highest BCUT2D eigenvalue weighted by atomic mass is 32.1. The molecule has 15 heavy (non-hydrogen) atoms. The van der Waals surface area contributed by atoms with Crippen LogP contribution >= 0.6 is 11.3 Å². The van der Waals surface area contributed by atoms with Gasteiger partial charge in [0.25, 0.3) is 0 Å². The van der Waals surface area contributed by atoms with Gasteiger partial charge in [-0.15, -0.1) is 11.3 Å². The first-order valence-corrected chi connectivity index (χ1v) is 4.94. The summed E-state index contributed by atoms with van der Waals surface area (Å²) in [7, 11) is 0. The van der Waals surface area contributed by atoms with Crippen molar-refractivity contribution in [1.82, 2.24) is 0 Å². The van der Waals surface area contributed by atoms with Crippen molar-refractivity contribution in [3.05, 3.63) is 28.8 Å². The molecule has 0 amide bonds. The number of hydrogen-bond acceptors (Lipinski definition) is 3. The van der Waals surface area contributed by atoms with Crippen LogP contribution in [0.15, 0.2) is 6.07 Å². The van der Waals surface area contributed by atoms with E-state index in [0.717, 1.165) is 17.4 Å². The molecule has 0 spiro atoms. The van der Waals surface area contributed by atoms with E-state index in [1.165, 1.54) is 0 Å². The molecule has 2 nitrogen and oxygen atoms in total. The van der Waals surface area contributed by atoms with Crippen molar-refractivity contribution in [1.29, 1.82) is 5.26 Å². The summed E-state index contributed by atoms with van der Waals surface area (Å²) < 4.78 is 26.6. The number of nitrogens with zero attached hydrogens (tertiary/aromatic N) is 1. The van der Waals surface area contributed by atoms with Crippen LogP contribution in [0.2, 0.25) is 0 Å². The second-order valence-electron chi connectivity index (χ2n) is 3.15. The van der Waals surface area contributed by atoms with Crippen molar-refractivity contribution in [2.24, 2.45) is 0 Å². The van der Waals surface area contributed by atoms with E-state index in [2.05, 4.69) is 0 Å². The SMILES string of the molecule is Cc1cc(F)c(F)c2sc(N)c(C#N)c12. The molecule has 2 N–H and O–H groups in total. The summed E-state index contributed by atoms with van der Waals surface area (Å²) in [4.78, 5) is 0. The lowest BCUT2D eigenvalue weighted by Crippen LogP contribution is -1.88. The molecular formula is C10H6F2N2S. The highest BCUT2D eigenvalue weighted by molar-refractivity contribution is 7.23. The fourth-order valence-electron chi connectivity index (χ4n) is 1.52. The molecule has 5 heteroatoms. The number of nitrogen functional groups attached to an aromatic ring is 1. The molecule has 0 atom stereocenters. The highest BCUT2D eigenvalue weighted by Gasteiger charge is 2.18. The maximum absolute atomic E-state index is 13.4. The summed E-state index contributed by atoms with van der Waals surface area (Å²) in [6, 6.07) is 2.98. The van der Waals surface area contributed by atoms with Crippen LogP contribution in [0, 0.1) is 29.9 Å². The predicted molar refractivity (Wildman–Crippen MR) is 55.6 cm³/mol. The van der Waals surface area contributed by atoms with Crippen molar-refractivity contribution in [3.63, 3.8) is 0 Å². The van der Waals surface area contributed by atoms with Crippen LogP contribution in [-0.2, 0) is 0 Å². The van der Waals surface area contributed by atoms with E-state index in [1.54, 1.807) is 6.92 Å². The number of aryl methyl sites for hydroxylation is 1. The first-order valence-electron chi connectivity index (χ1n) is 4.13. The summed E-state index contributed by atoms with van der Waals surface area (Å²) in [5, 5.41) is 9.49. The number of rotatable bonds is 0. The lowest BCUT2D eigenvalue weighted by molar-refractivity contribution is 0.517. The average Bonchev–Trinajstić information content (AvgIpc) is 2.52. The molecular weight excluding hydrogens is 218 g/mol. The molecule has 1 aromatic heterocycles. The number of hydrogen-bond donors (Lipinski definition) is 1. The molecule has 0 aliphatic rings. The van der Waals surface area contributed by atoms with Gasteiger partial charge in [0.2, 0.25) is 0 Å². The quantitative estimate of drug-likeness (QED) is 0.747. The van der Waals surface area contributed by atoms with Gasteiger partial charge in [-0.1, -0.05) is 0 Å². The molecule has 2 rings (SSSR count). The molecule has 0 bridgehead atoms. The minimum atomic E-state index is -0.936. The molecule has 0 saturated heterocycles. The topological polar surface area (TPSA) is 49.8 Å². The fraction of sp³-hybridized carbons (Fsp3) is 0.100. The monoisotopic (exact) mass is 224 g/mol. The lowest BCUT2D eigenvalue weighted by atomic mass is 10.1.